The van der Waals surface area contributed by atoms with E-state index in [1.807, 2.05) is 31.2 Å². The molecular formula is C20H24ClNOS. The first-order valence-electron chi connectivity index (χ1n) is 8.42. The molecule has 0 aromatic heterocycles. The molecule has 0 heterocycles. The highest BCUT2D eigenvalue weighted by atomic mass is 35.5. The number of amides is 1. The number of anilines is 1. The van der Waals surface area contributed by atoms with Gasteiger partial charge in [-0.15, -0.1) is 11.8 Å². The van der Waals surface area contributed by atoms with E-state index in [4.69, 9.17) is 11.6 Å². The van der Waals surface area contributed by atoms with Crippen molar-refractivity contribution in [3.05, 3.63) is 58.6 Å². The number of hydrogen-bond donors (Lipinski definition) is 1. The molecule has 0 spiro atoms. The Hall–Kier alpha value is -1.45. The van der Waals surface area contributed by atoms with Gasteiger partial charge in [-0.25, -0.2) is 0 Å². The van der Waals surface area contributed by atoms with Crippen LogP contribution >= 0.6 is 23.4 Å². The topological polar surface area (TPSA) is 29.1 Å². The van der Waals surface area contributed by atoms with Crippen molar-refractivity contribution >= 4 is 35.0 Å². The Balaban J connectivity index is 2.16. The summed E-state index contributed by atoms with van der Waals surface area (Å²) >= 11 is 7.51. The van der Waals surface area contributed by atoms with E-state index in [1.165, 1.54) is 11.1 Å². The first-order valence-corrected chi connectivity index (χ1v) is 9.68. The van der Waals surface area contributed by atoms with Gasteiger partial charge < -0.3 is 5.32 Å². The lowest BCUT2D eigenvalue weighted by molar-refractivity contribution is -0.115. The van der Waals surface area contributed by atoms with E-state index < -0.39 is 0 Å². The quantitative estimate of drug-likeness (QED) is 0.615. The third-order valence-corrected chi connectivity index (χ3v) is 5.63. The summed E-state index contributed by atoms with van der Waals surface area (Å²) in [6.07, 6.45) is 2.59. The van der Waals surface area contributed by atoms with E-state index >= 15 is 0 Å². The fraction of sp³-hybridized carbons (Fsp3) is 0.350. The standard InChI is InChI=1S/C20H24ClNOS/c1-4-14-8-7-9-15(5-2)19(14)22-20(23)18(6-3)24-17-12-10-16(21)11-13-17/h7-13,18H,4-6H2,1-3H3,(H,22,23). The van der Waals surface area contributed by atoms with E-state index in [0.717, 1.165) is 29.8 Å². The van der Waals surface area contributed by atoms with Crippen molar-refractivity contribution < 1.29 is 4.79 Å². The molecule has 0 saturated heterocycles. The summed E-state index contributed by atoms with van der Waals surface area (Å²) in [6.45, 7) is 6.27. The number of nitrogens with one attached hydrogen (secondary N) is 1. The molecule has 0 aliphatic carbocycles. The zero-order valence-electron chi connectivity index (χ0n) is 14.4. The second-order valence-corrected chi connectivity index (χ2v) is 7.33. The van der Waals surface area contributed by atoms with E-state index in [1.54, 1.807) is 11.8 Å². The Kier molecular flexibility index (Phi) is 7.19. The largest absolute Gasteiger partial charge is 0.325 e. The number of benzene rings is 2. The molecule has 0 aliphatic rings. The zero-order chi connectivity index (χ0) is 17.5. The van der Waals surface area contributed by atoms with Gasteiger partial charge in [0.1, 0.15) is 0 Å². The predicted octanol–water partition coefficient (Wildman–Crippen LogP) is 5.97. The number of aryl methyl sites for hydroxylation is 2. The molecule has 4 heteroatoms. The molecule has 1 atom stereocenters. The predicted molar refractivity (Wildman–Crippen MR) is 105 cm³/mol. The van der Waals surface area contributed by atoms with Crippen molar-refractivity contribution in [3.63, 3.8) is 0 Å². The van der Waals surface area contributed by atoms with Crippen LogP contribution in [0.4, 0.5) is 5.69 Å². The Labute approximate surface area is 154 Å². The smallest absolute Gasteiger partial charge is 0.237 e. The SMILES string of the molecule is CCc1cccc(CC)c1NC(=O)C(CC)Sc1ccc(Cl)cc1. The first kappa shape index (κ1) is 18.9. The third-order valence-electron chi connectivity index (χ3n) is 4.00. The summed E-state index contributed by atoms with van der Waals surface area (Å²) in [4.78, 5) is 13.8. The Bertz CT molecular complexity index is 662. The van der Waals surface area contributed by atoms with Crippen LogP contribution in [0.2, 0.25) is 5.02 Å². The molecule has 2 rings (SSSR count). The summed E-state index contributed by atoms with van der Waals surface area (Å²) in [5.74, 6) is 0.0630. The van der Waals surface area contributed by atoms with Crippen molar-refractivity contribution in [1.29, 1.82) is 0 Å². The lowest BCUT2D eigenvalue weighted by Crippen LogP contribution is -2.25. The van der Waals surface area contributed by atoms with Gasteiger partial charge in [0.05, 0.1) is 5.25 Å². The van der Waals surface area contributed by atoms with Crippen molar-refractivity contribution in [2.24, 2.45) is 0 Å². The number of halogens is 1. The van der Waals surface area contributed by atoms with Gasteiger partial charge in [0.25, 0.3) is 0 Å². The summed E-state index contributed by atoms with van der Waals surface area (Å²) in [7, 11) is 0. The molecule has 0 fully saturated rings. The van der Waals surface area contributed by atoms with Crippen molar-refractivity contribution in [2.75, 3.05) is 5.32 Å². The van der Waals surface area contributed by atoms with Crippen molar-refractivity contribution in [2.45, 2.75) is 50.2 Å². The highest BCUT2D eigenvalue weighted by Gasteiger charge is 2.20. The summed E-state index contributed by atoms with van der Waals surface area (Å²) in [5.41, 5.74) is 3.37. The van der Waals surface area contributed by atoms with Crippen LogP contribution in [0.25, 0.3) is 0 Å². The Morgan fingerprint density at radius 3 is 2.12 bits per heavy atom. The van der Waals surface area contributed by atoms with Crippen LogP contribution in [0.15, 0.2) is 47.4 Å². The third kappa shape index (κ3) is 4.78. The number of hydrogen-bond acceptors (Lipinski definition) is 2. The first-order chi connectivity index (χ1) is 11.6. The van der Waals surface area contributed by atoms with Crippen LogP contribution < -0.4 is 5.32 Å². The molecule has 128 valence electrons. The molecular weight excluding hydrogens is 338 g/mol. The highest BCUT2D eigenvalue weighted by molar-refractivity contribution is 8.00. The van der Waals surface area contributed by atoms with E-state index in [9.17, 15) is 4.79 Å². The number of thioether (sulfide) groups is 1. The van der Waals surface area contributed by atoms with Gasteiger partial charge in [-0.05, 0) is 54.7 Å². The zero-order valence-corrected chi connectivity index (χ0v) is 16.0. The van der Waals surface area contributed by atoms with Gasteiger partial charge in [0, 0.05) is 15.6 Å². The number of rotatable bonds is 7. The lowest BCUT2D eigenvalue weighted by Gasteiger charge is -2.19. The second-order valence-electron chi connectivity index (χ2n) is 5.62. The van der Waals surface area contributed by atoms with Gasteiger partial charge in [0.15, 0.2) is 0 Å². The second kappa shape index (κ2) is 9.14. The van der Waals surface area contributed by atoms with Gasteiger partial charge in [0.2, 0.25) is 5.91 Å². The Morgan fingerprint density at radius 2 is 1.62 bits per heavy atom. The maximum Gasteiger partial charge on any atom is 0.237 e. The monoisotopic (exact) mass is 361 g/mol. The normalized spacial score (nSPS) is 12.0. The number of para-hydroxylation sites is 1. The van der Waals surface area contributed by atoms with Crippen LogP contribution in [0.1, 0.15) is 38.3 Å². The molecule has 0 bridgehead atoms. The van der Waals surface area contributed by atoms with Crippen LogP contribution in [0, 0.1) is 0 Å². The fourth-order valence-electron chi connectivity index (χ4n) is 2.61. The molecule has 1 unspecified atom stereocenters. The molecule has 1 N–H and O–H groups in total. The molecule has 2 nitrogen and oxygen atoms in total. The average Bonchev–Trinajstić information content (AvgIpc) is 2.61. The van der Waals surface area contributed by atoms with Crippen LogP contribution in [-0.4, -0.2) is 11.2 Å². The van der Waals surface area contributed by atoms with Gasteiger partial charge in [-0.1, -0.05) is 50.6 Å². The summed E-state index contributed by atoms with van der Waals surface area (Å²) in [5, 5.41) is 3.76. The number of carbonyl (C=O) groups is 1. The van der Waals surface area contributed by atoms with Gasteiger partial charge in [-0.3, -0.25) is 4.79 Å². The average molecular weight is 362 g/mol. The Morgan fingerprint density at radius 1 is 1.04 bits per heavy atom. The lowest BCUT2D eigenvalue weighted by atomic mass is 10.0. The summed E-state index contributed by atoms with van der Waals surface area (Å²) < 4.78 is 0. The summed E-state index contributed by atoms with van der Waals surface area (Å²) in [6, 6.07) is 13.9. The van der Waals surface area contributed by atoms with Crippen LogP contribution in [-0.2, 0) is 17.6 Å². The van der Waals surface area contributed by atoms with Crippen LogP contribution in [0.3, 0.4) is 0 Å². The van der Waals surface area contributed by atoms with Gasteiger partial charge in [-0.2, -0.15) is 0 Å². The maximum atomic E-state index is 12.8. The van der Waals surface area contributed by atoms with E-state index in [-0.39, 0.29) is 11.2 Å². The molecule has 2 aromatic rings. The van der Waals surface area contributed by atoms with E-state index in [2.05, 4.69) is 37.4 Å². The molecule has 1 amide bonds. The molecule has 24 heavy (non-hydrogen) atoms. The van der Waals surface area contributed by atoms with Gasteiger partial charge >= 0.3 is 0 Å². The molecule has 2 aromatic carbocycles. The van der Waals surface area contributed by atoms with Crippen molar-refractivity contribution in [3.8, 4) is 0 Å². The van der Waals surface area contributed by atoms with E-state index in [0.29, 0.717) is 5.02 Å². The van der Waals surface area contributed by atoms with Crippen molar-refractivity contribution in [1.82, 2.24) is 0 Å². The molecule has 0 aliphatic heterocycles. The molecule has 0 saturated carbocycles. The maximum absolute atomic E-state index is 12.8. The highest BCUT2D eigenvalue weighted by Crippen LogP contribution is 2.29. The fourth-order valence-corrected chi connectivity index (χ4v) is 3.69. The minimum absolute atomic E-state index is 0.0630. The minimum Gasteiger partial charge on any atom is -0.325 e. The number of carbonyl (C=O) groups excluding carboxylic acids is 1. The minimum atomic E-state index is -0.124. The van der Waals surface area contributed by atoms with Crippen LogP contribution in [0.5, 0.6) is 0 Å². The molecule has 0 radical (unpaired) electrons.